The van der Waals surface area contributed by atoms with Crippen LogP contribution < -0.4 is 5.73 Å². The summed E-state index contributed by atoms with van der Waals surface area (Å²) in [6, 6.07) is 0. The summed E-state index contributed by atoms with van der Waals surface area (Å²) in [5.41, 5.74) is 5.38. The smallest absolute Gasteiger partial charge is 0.184 e. The molecule has 0 atom stereocenters. The van der Waals surface area contributed by atoms with Crippen LogP contribution in [0.15, 0.2) is 23.6 Å². The molecule has 0 aliphatic carbocycles. The third-order valence-electron chi connectivity index (χ3n) is 1.24. The Bertz CT molecular complexity index is 241. The molecule has 12 heavy (non-hydrogen) atoms. The quantitative estimate of drug-likeness (QED) is 0.281. The number of methoxy groups -OCH3 is 1. The normalized spacial score (nSPS) is 12.5. The molecule has 0 spiro atoms. The summed E-state index contributed by atoms with van der Waals surface area (Å²) in [7, 11) is 1.34. The number of ketones is 1. The highest BCUT2D eigenvalue weighted by atomic mass is 16.5. The number of hydrogen-bond donors (Lipinski definition) is 1. The Balaban J connectivity index is 4.68. The van der Waals surface area contributed by atoms with Crippen molar-refractivity contribution in [3.63, 3.8) is 0 Å². The highest BCUT2D eigenvalue weighted by Gasteiger charge is 2.01. The van der Waals surface area contributed by atoms with Crippen molar-refractivity contribution in [3.05, 3.63) is 23.6 Å². The maximum atomic E-state index is 10.8. The first-order valence-corrected chi connectivity index (χ1v) is 3.29. The Morgan fingerprint density at radius 2 is 2.08 bits per heavy atom. The number of allylic oxidation sites excluding steroid dienone is 3. The van der Waals surface area contributed by atoms with Crippen LogP contribution in [-0.4, -0.2) is 19.2 Å². The van der Waals surface area contributed by atoms with Crippen LogP contribution in [0.1, 0.15) is 6.92 Å². The largest absolute Gasteiger partial charge is 0.493 e. The van der Waals surface area contributed by atoms with Crippen LogP contribution in [-0.2, 0) is 14.3 Å². The van der Waals surface area contributed by atoms with Gasteiger partial charge in [0.05, 0.1) is 7.11 Å². The Labute approximate surface area is 70.7 Å². The fourth-order valence-electron chi connectivity index (χ4n) is 0.561. The van der Waals surface area contributed by atoms with Crippen molar-refractivity contribution in [2.45, 2.75) is 6.92 Å². The SMILES string of the molecule is CO/C(C=O)=C/C(=C\N)C(C)=O. The zero-order valence-electron chi connectivity index (χ0n) is 7.03. The lowest BCUT2D eigenvalue weighted by Crippen LogP contribution is -1.99. The predicted octanol–water partition coefficient (Wildman–Crippen LogP) is 0.147. The Morgan fingerprint density at radius 1 is 1.50 bits per heavy atom. The molecule has 0 bridgehead atoms. The molecule has 0 fully saturated rings. The molecular formula is C8H11NO3. The van der Waals surface area contributed by atoms with Gasteiger partial charge in [-0.15, -0.1) is 0 Å². The van der Waals surface area contributed by atoms with Crippen molar-refractivity contribution < 1.29 is 14.3 Å². The van der Waals surface area contributed by atoms with E-state index in [4.69, 9.17) is 5.73 Å². The van der Waals surface area contributed by atoms with Gasteiger partial charge in [0, 0.05) is 11.8 Å². The van der Waals surface area contributed by atoms with Gasteiger partial charge in [-0.1, -0.05) is 0 Å². The molecule has 0 aromatic heterocycles. The summed E-state index contributed by atoms with van der Waals surface area (Å²) in [4.78, 5) is 21.0. The molecule has 0 radical (unpaired) electrons. The van der Waals surface area contributed by atoms with Gasteiger partial charge < -0.3 is 10.5 Å². The van der Waals surface area contributed by atoms with Gasteiger partial charge in [-0.25, -0.2) is 0 Å². The number of aldehydes is 1. The molecule has 0 aromatic rings. The van der Waals surface area contributed by atoms with Crippen molar-refractivity contribution >= 4 is 12.1 Å². The maximum Gasteiger partial charge on any atom is 0.184 e. The second-order valence-corrected chi connectivity index (χ2v) is 2.05. The van der Waals surface area contributed by atoms with Gasteiger partial charge >= 0.3 is 0 Å². The summed E-state index contributed by atoms with van der Waals surface area (Å²) in [5.74, 6) is -0.143. The number of rotatable bonds is 4. The Morgan fingerprint density at radius 3 is 2.33 bits per heavy atom. The average Bonchev–Trinajstić information content (AvgIpc) is 2.06. The first-order chi connectivity index (χ1) is 5.65. The van der Waals surface area contributed by atoms with Gasteiger partial charge in [-0.2, -0.15) is 0 Å². The van der Waals surface area contributed by atoms with Crippen LogP contribution in [0.5, 0.6) is 0 Å². The second kappa shape index (κ2) is 5.12. The molecule has 2 N–H and O–H groups in total. The van der Waals surface area contributed by atoms with E-state index in [2.05, 4.69) is 4.74 Å². The van der Waals surface area contributed by atoms with Crippen LogP contribution >= 0.6 is 0 Å². The topological polar surface area (TPSA) is 69.4 Å². The van der Waals surface area contributed by atoms with Crippen LogP contribution in [0.3, 0.4) is 0 Å². The first-order valence-electron chi connectivity index (χ1n) is 3.29. The fraction of sp³-hybridized carbons (Fsp3) is 0.250. The van der Waals surface area contributed by atoms with Crippen LogP contribution in [0, 0.1) is 0 Å². The zero-order valence-corrected chi connectivity index (χ0v) is 7.03. The molecule has 0 saturated heterocycles. The number of nitrogens with two attached hydrogens (primary N) is 1. The van der Waals surface area contributed by atoms with Crippen LogP contribution in [0.4, 0.5) is 0 Å². The monoisotopic (exact) mass is 169 g/mol. The van der Waals surface area contributed by atoms with E-state index in [1.165, 1.54) is 20.1 Å². The van der Waals surface area contributed by atoms with Gasteiger partial charge in [0.15, 0.2) is 17.8 Å². The van der Waals surface area contributed by atoms with E-state index >= 15 is 0 Å². The number of hydrogen-bond acceptors (Lipinski definition) is 4. The molecule has 0 amide bonds. The highest BCUT2D eigenvalue weighted by Crippen LogP contribution is 2.01. The van der Waals surface area contributed by atoms with Crippen LogP contribution in [0.25, 0.3) is 0 Å². The molecule has 4 nitrogen and oxygen atoms in total. The molecular weight excluding hydrogens is 158 g/mol. The van der Waals surface area contributed by atoms with Gasteiger partial charge in [0.2, 0.25) is 0 Å². The van der Waals surface area contributed by atoms with Crippen LogP contribution in [0.2, 0.25) is 0 Å². The summed E-state index contributed by atoms with van der Waals surface area (Å²) >= 11 is 0. The molecule has 0 aromatic carbocycles. The van der Waals surface area contributed by atoms with Crippen molar-refractivity contribution in [3.8, 4) is 0 Å². The number of carbonyl (C=O) groups is 2. The molecule has 0 rings (SSSR count). The van der Waals surface area contributed by atoms with E-state index < -0.39 is 0 Å². The molecule has 0 saturated carbocycles. The summed E-state index contributed by atoms with van der Waals surface area (Å²) in [6.45, 7) is 1.35. The van der Waals surface area contributed by atoms with Crippen molar-refractivity contribution in [2.24, 2.45) is 5.73 Å². The Kier molecular flexibility index (Phi) is 4.45. The second-order valence-electron chi connectivity index (χ2n) is 2.05. The number of ether oxygens (including phenoxy) is 1. The molecule has 0 aliphatic heterocycles. The molecule has 0 unspecified atom stereocenters. The summed E-state index contributed by atoms with van der Waals surface area (Å²) in [5, 5.41) is 0. The van der Waals surface area contributed by atoms with Crippen molar-refractivity contribution in [1.82, 2.24) is 0 Å². The lowest BCUT2D eigenvalue weighted by Gasteiger charge is -1.97. The minimum atomic E-state index is -0.214. The van der Waals surface area contributed by atoms with E-state index in [0.29, 0.717) is 6.29 Å². The lowest BCUT2D eigenvalue weighted by molar-refractivity contribution is -0.113. The minimum Gasteiger partial charge on any atom is -0.493 e. The van der Waals surface area contributed by atoms with E-state index in [1.807, 2.05) is 0 Å². The third kappa shape index (κ3) is 3.01. The van der Waals surface area contributed by atoms with Crippen molar-refractivity contribution in [2.75, 3.05) is 7.11 Å². The zero-order chi connectivity index (χ0) is 9.56. The standard InChI is InChI=1S/C8H11NO3/c1-6(11)7(4-9)3-8(5-10)12-2/h3-5H,9H2,1-2H3/b7-4+,8-3+. The lowest BCUT2D eigenvalue weighted by atomic mass is 10.2. The Hall–Kier alpha value is -1.58. The predicted molar refractivity (Wildman–Crippen MR) is 44.1 cm³/mol. The van der Waals surface area contributed by atoms with Gasteiger partial charge in [-0.3, -0.25) is 9.59 Å². The first kappa shape index (κ1) is 10.4. The van der Waals surface area contributed by atoms with E-state index in [9.17, 15) is 9.59 Å². The van der Waals surface area contributed by atoms with Gasteiger partial charge in [0.1, 0.15) is 0 Å². The maximum absolute atomic E-state index is 10.8. The molecule has 0 heterocycles. The average molecular weight is 169 g/mol. The van der Waals surface area contributed by atoms with Gasteiger partial charge in [0.25, 0.3) is 0 Å². The minimum absolute atomic E-state index is 0.0712. The fourth-order valence-corrected chi connectivity index (χ4v) is 0.561. The van der Waals surface area contributed by atoms with Crippen molar-refractivity contribution in [1.29, 1.82) is 0 Å². The van der Waals surface area contributed by atoms with E-state index in [-0.39, 0.29) is 17.1 Å². The highest BCUT2D eigenvalue weighted by molar-refractivity contribution is 5.97. The molecule has 4 heteroatoms. The number of Topliss-reactive ketones (excluding diaryl/α,β-unsaturated/α-hetero) is 1. The van der Waals surface area contributed by atoms with E-state index in [1.54, 1.807) is 0 Å². The summed E-state index contributed by atoms with van der Waals surface area (Å²) in [6.07, 6.45) is 2.92. The van der Waals surface area contributed by atoms with E-state index in [0.717, 1.165) is 6.20 Å². The number of carbonyl (C=O) groups excluding carboxylic acids is 2. The molecule has 0 aliphatic rings. The summed E-state index contributed by atoms with van der Waals surface area (Å²) < 4.78 is 4.63. The van der Waals surface area contributed by atoms with Gasteiger partial charge in [-0.05, 0) is 13.0 Å². The molecule has 66 valence electrons. The third-order valence-corrected chi connectivity index (χ3v) is 1.24.